The SMILES string of the molecule is CCn1ncnc1CC(C)(CC)CNCC(C)C. The molecule has 0 amide bonds. The second-order valence-corrected chi connectivity index (χ2v) is 5.86. The molecule has 18 heavy (non-hydrogen) atoms. The summed E-state index contributed by atoms with van der Waals surface area (Å²) in [6.45, 7) is 14.2. The molecule has 1 rings (SSSR count). The van der Waals surface area contributed by atoms with Gasteiger partial charge in [-0.2, -0.15) is 5.10 Å². The Morgan fingerprint density at radius 2 is 2.11 bits per heavy atom. The van der Waals surface area contributed by atoms with Crippen LogP contribution in [0.3, 0.4) is 0 Å². The molecule has 0 radical (unpaired) electrons. The molecule has 1 unspecified atom stereocenters. The third-order valence-corrected chi connectivity index (χ3v) is 3.54. The van der Waals surface area contributed by atoms with Crippen LogP contribution in [0.15, 0.2) is 6.33 Å². The molecule has 0 saturated heterocycles. The molecule has 0 saturated carbocycles. The van der Waals surface area contributed by atoms with Gasteiger partial charge in [0.2, 0.25) is 0 Å². The molecule has 0 bridgehead atoms. The Balaban J connectivity index is 2.59. The average Bonchev–Trinajstić information content (AvgIpc) is 2.75. The van der Waals surface area contributed by atoms with E-state index in [1.54, 1.807) is 6.33 Å². The molecule has 0 aliphatic heterocycles. The lowest BCUT2D eigenvalue weighted by Crippen LogP contribution is -2.35. The number of nitrogens with zero attached hydrogens (tertiary/aromatic N) is 3. The van der Waals surface area contributed by atoms with Crippen molar-refractivity contribution in [3.05, 3.63) is 12.2 Å². The normalized spacial score (nSPS) is 15.0. The van der Waals surface area contributed by atoms with Gasteiger partial charge < -0.3 is 5.32 Å². The lowest BCUT2D eigenvalue weighted by molar-refractivity contribution is 0.275. The van der Waals surface area contributed by atoms with Gasteiger partial charge in [-0.3, -0.25) is 4.68 Å². The van der Waals surface area contributed by atoms with E-state index in [4.69, 9.17) is 0 Å². The van der Waals surface area contributed by atoms with Crippen LogP contribution in [0.25, 0.3) is 0 Å². The zero-order valence-electron chi connectivity index (χ0n) is 12.5. The predicted octanol–water partition coefficient (Wildman–Crippen LogP) is 2.50. The molecule has 0 spiro atoms. The van der Waals surface area contributed by atoms with E-state index in [1.807, 2.05) is 4.68 Å². The summed E-state index contributed by atoms with van der Waals surface area (Å²) in [5.41, 5.74) is 0.259. The van der Waals surface area contributed by atoms with Crippen LogP contribution in [0.5, 0.6) is 0 Å². The smallest absolute Gasteiger partial charge is 0.138 e. The minimum atomic E-state index is 0.259. The number of nitrogens with one attached hydrogen (secondary N) is 1. The minimum absolute atomic E-state index is 0.259. The third kappa shape index (κ3) is 4.41. The van der Waals surface area contributed by atoms with Gasteiger partial charge >= 0.3 is 0 Å². The molecule has 104 valence electrons. The van der Waals surface area contributed by atoms with Crippen molar-refractivity contribution in [2.24, 2.45) is 11.3 Å². The zero-order chi connectivity index (χ0) is 13.6. The molecule has 1 aromatic heterocycles. The quantitative estimate of drug-likeness (QED) is 0.773. The molecule has 4 nitrogen and oxygen atoms in total. The molecular weight excluding hydrogens is 224 g/mol. The summed E-state index contributed by atoms with van der Waals surface area (Å²) in [5, 5.41) is 7.82. The fourth-order valence-electron chi connectivity index (χ4n) is 2.05. The monoisotopic (exact) mass is 252 g/mol. The average molecular weight is 252 g/mol. The van der Waals surface area contributed by atoms with E-state index in [1.165, 1.54) is 0 Å². The first-order chi connectivity index (χ1) is 8.50. The second-order valence-electron chi connectivity index (χ2n) is 5.86. The fraction of sp³-hybridized carbons (Fsp3) is 0.857. The van der Waals surface area contributed by atoms with Crippen LogP contribution >= 0.6 is 0 Å². The van der Waals surface area contributed by atoms with E-state index in [9.17, 15) is 0 Å². The Morgan fingerprint density at radius 3 is 2.67 bits per heavy atom. The Kier molecular flexibility index (Phi) is 5.79. The van der Waals surface area contributed by atoms with Crippen molar-refractivity contribution < 1.29 is 0 Å². The van der Waals surface area contributed by atoms with Crippen molar-refractivity contribution in [3.63, 3.8) is 0 Å². The van der Waals surface area contributed by atoms with Gasteiger partial charge in [-0.15, -0.1) is 0 Å². The molecule has 0 aliphatic rings. The summed E-state index contributed by atoms with van der Waals surface area (Å²) in [6.07, 6.45) is 3.80. The van der Waals surface area contributed by atoms with Crippen molar-refractivity contribution in [1.82, 2.24) is 20.1 Å². The van der Waals surface area contributed by atoms with Crippen LogP contribution in [0.1, 0.15) is 46.9 Å². The third-order valence-electron chi connectivity index (χ3n) is 3.54. The zero-order valence-corrected chi connectivity index (χ0v) is 12.5. The Morgan fingerprint density at radius 1 is 1.39 bits per heavy atom. The van der Waals surface area contributed by atoms with Crippen LogP contribution in [-0.2, 0) is 13.0 Å². The van der Waals surface area contributed by atoms with E-state index in [-0.39, 0.29) is 5.41 Å². The van der Waals surface area contributed by atoms with E-state index >= 15 is 0 Å². The highest BCUT2D eigenvalue weighted by atomic mass is 15.3. The Labute approximate surface area is 111 Å². The first kappa shape index (κ1) is 15.2. The lowest BCUT2D eigenvalue weighted by atomic mass is 9.83. The van der Waals surface area contributed by atoms with Gasteiger partial charge in [0.05, 0.1) is 0 Å². The molecule has 0 fully saturated rings. The summed E-state index contributed by atoms with van der Waals surface area (Å²) in [6, 6.07) is 0. The molecule has 4 heteroatoms. The van der Waals surface area contributed by atoms with Crippen molar-refractivity contribution in [2.45, 2.75) is 54.0 Å². The van der Waals surface area contributed by atoms with E-state index in [0.29, 0.717) is 5.92 Å². The molecule has 1 aromatic rings. The maximum atomic E-state index is 4.39. The Bertz CT molecular complexity index is 345. The number of hydrogen-bond donors (Lipinski definition) is 1. The Hall–Kier alpha value is -0.900. The molecule has 1 atom stereocenters. The standard InChI is InChI=1S/C14H28N4/c1-6-14(5,10-15-9-12(3)4)8-13-16-11-17-18(13)7-2/h11-12,15H,6-10H2,1-5H3. The number of hydrogen-bond acceptors (Lipinski definition) is 3. The topological polar surface area (TPSA) is 42.7 Å². The van der Waals surface area contributed by atoms with Gasteiger partial charge in [0.1, 0.15) is 12.2 Å². The maximum absolute atomic E-state index is 4.39. The summed E-state index contributed by atoms with van der Waals surface area (Å²) >= 11 is 0. The van der Waals surface area contributed by atoms with Gasteiger partial charge in [0, 0.05) is 19.5 Å². The van der Waals surface area contributed by atoms with Crippen molar-refractivity contribution in [2.75, 3.05) is 13.1 Å². The highest BCUT2D eigenvalue weighted by Crippen LogP contribution is 2.24. The fourth-order valence-corrected chi connectivity index (χ4v) is 2.05. The van der Waals surface area contributed by atoms with Crippen LogP contribution in [0.4, 0.5) is 0 Å². The van der Waals surface area contributed by atoms with Gasteiger partial charge in [-0.1, -0.05) is 27.7 Å². The van der Waals surface area contributed by atoms with Gasteiger partial charge in [-0.25, -0.2) is 4.98 Å². The van der Waals surface area contributed by atoms with Crippen LogP contribution in [0, 0.1) is 11.3 Å². The molecule has 1 heterocycles. The van der Waals surface area contributed by atoms with Gasteiger partial charge in [0.15, 0.2) is 0 Å². The van der Waals surface area contributed by atoms with E-state index in [0.717, 1.165) is 38.3 Å². The van der Waals surface area contributed by atoms with Crippen molar-refractivity contribution in [3.8, 4) is 0 Å². The molecular formula is C14H28N4. The summed E-state index contributed by atoms with van der Waals surface area (Å²) in [4.78, 5) is 4.39. The summed E-state index contributed by atoms with van der Waals surface area (Å²) < 4.78 is 2.00. The predicted molar refractivity (Wildman–Crippen MR) is 75.5 cm³/mol. The minimum Gasteiger partial charge on any atom is -0.316 e. The van der Waals surface area contributed by atoms with Crippen LogP contribution in [0.2, 0.25) is 0 Å². The summed E-state index contributed by atoms with van der Waals surface area (Å²) in [5.74, 6) is 1.80. The first-order valence-corrected chi connectivity index (χ1v) is 7.08. The van der Waals surface area contributed by atoms with Gasteiger partial charge in [-0.05, 0) is 31.2 Å². The number of aromatic nitrogens is 3. The highest BCUT2D eigenvalue weighted by Gasteiger charge is 2.24. The largest absolute Gasteiger partial charge is 0.316 e. The van der Waals surface area contributed by atoms with Crippen molar-refractivity contribution in [1.29, 1.82) is 0 Å². The van der Waals surface area contributed by atoms with Crippen LogP contribution in [-0.4, -0.2) is 27.9 Å². The van der Waals surface area contributed by atoms with Gasteiger partial charge in [0.25, 0.3) is 0 Å². The molecule has 1 N–H and O–H groups in total. The van der Waals surface area contributed by atoms with Crippen LogP contribution < -0.4 is 5.32 Å². The molecule has 0 aromatic carbocycles. The number of rotatable bonds is 8. The molecule has 0 aliphatic carbocycles. The van der Waals surface area contributed by atoms with E-state index < -0.39 is 0 Å². The lowest BCUT2D eigenvalue weighted by Gasteiger charge is -2.28. The summed E-state index contributed by atoms with van der Waals surface area (Å²) in [7, 11) is 0. The first-order valence-electron chi connectivity index (χ1n) is 7.08. The van der Waals surface area contributed by atoms with Crippen molar-refractivity contribution >= 4 is 0 Å². The number of aryl methyl sites for hydroxylation is 1. The second kappa shape index (κ2) is 6.88. The van der Waals surface area contributed by atoms with E-state index in [2.05, 4.69) is 50.0 Å². The highest BCUT2D eigenvalue weighted by molar-refractivity contribution is 4.93. The maximum Gasteiger partial charge on any atom is 0.138 e.